The third-order valence-corrected chi connectivity index (χ3v) is 3.03. The monoisotopic (exact) mass is 277 g/mol. The molecule has 0 unspecified atom stereocenters. The number of aromatic nitrogens is 1. The maximum Gasteiger partial charge on any atom is 0.152 e. The van der Waals surface area contributed by atoms with Crippen molar-refractivity contribution < 1.29 is 0 Å². The molecule has 0 spiro atoms. The summed E-state index contributed by atoms with van der Waals surface area (Å²) < 4.78 is 1.76. The number of hydrogen-bond donors (Lipinski definition) is 0. The molecule has 2 rings (SSSR count). The predicted octanol–water partition coefficient (Wildman–Crippen LogP) is 2.75. The standard InChI is InChI=1S/C16H15N5/c1-12-14(9-17)16(19-11-20(2)3)15(10-18)21(12)13-7-5-4-6-8-13/h4-8,11H,1-3H3. The molecule has 0 aliphatic rings. The second-order valence-electron chi connectivity index (χ2n) is 4.76. The number of aliphatic imine (C=N–C) groups is 1. The lowest BCUT2D eigenvalue weighted by atomic mass is 10.2. The number of para-hydroxylation sites is 1. The van der Waals surface area contributed by atoms with Gasteiger partial charge in [-0.1, -0.05) is 18.2 Å². The molecule has 0 bridgehead atoms. The Morgan fingerprint density at radius 3 is 2.33 bits per heavy atom. The summed E-state index contributed by atoms with van der Waals surface area (Å²) in [4.78, 5) is 6.05. The van der Waals surface area contributed by atoms with Crippen molar-refractivity contribution in [2.75, 3.05) is 14.1 Å². The largest absolute Gasteiger partial charge is 0.369 e. The van der Waals surface area contributed by atoms with Crippen LogP contribution >= 0.6 is 0 Å². The van der Waals surface area contributed by atoms with Gasteiger partial charge in [-0.15, -0.1) is 0 Å². The van der Waals surface area contributed by atoms with Gasteiger partial charge in [0.25, 0.3) is 0 Å². The summed E-state index contributed by atoms with van der Waals surface area (Å²) in [6.07, 6.45) is 1.59. The van der Waals surface area contributed by atoms with Crippen molar-refractivity contribution in [3.05, 3.63) is 47.3 Å². The number of benzene rings is 1. The van der Waals surface area contributed by atoms with E-state index in [0.29, 0.717) is 22.6 Å². The Morgan fingerprint density at radius 2 is 1.81 bits per heavy atom. The maximum atomic E-state index is 9.49. The molecule has 1 aromatic carbocycles. The first-order valence-corrected chi connectivity index (χ1v) is 6.41. The zero-order valence-corrected chi connectivity index (χ0v) is 12.2. The highest BCUT2D eigenvalue weighted by molar-refractivity contribution is 5.72. The number of nitriles is 2. The molecule has 0 saturated heterocycles. The molecule has 0 amide bonds. The molecule has 5 nitrogen and oxygen atoms in total. The third-order valence-electron chi connectivity index (χ3n) is 3.03. The topological polar surface area (TPSA) is 68.1 Å². The van der Waals surface area contributed by atoms with Crippen LogP contribution in [0.2, 0.25) is 0 Å². The Labute approximate surface area is 124 Å². The fraction of sp³-hybridized carbons (Fsp3) is 0.188. The molecule has 1 aromatic heterocycles. The number of hydrogen-bond acceptors (Lipinski definition) is 3. The molecule has 21 heavy (non-hydrogen) atoms. The molecule has 0 fully saturated rings. The normalized spacial score (nSPS) is 10.3. The predicted molar refractivity (Wildman–Crippen MR) is 81.8 cm³/mol. The molecule has 104 valence electrons. The van der Waals surface area contributed by atoms with Crippen LogP contribution < -0.4 is 0 Å². The molecule has 0 radical (unpaired) electrons. The van der Waals surface area contributed by atoms with Crippen molar-refractivity contribution in [1.82, 2.24) is 9.47 Å². The Morgan fingerprint density at radius 1 is 1.14 bits per heavy atom. The van der Waals surface area contributed by atoms with Crippen molar-refractivity contribution in [3.8, 4) is 17.8 Å². The van der Waals surface area contributed by atoms with Crippen molar-refractivity contribution in [2.24, 2.45) is 4.99 Å². The van der Waals surface area contributed by atoms with Gasteiger partial charge >= 0.3 is 0 Å². The Balaban J connectivity index is 2.74. The van der Waals surface area contributed by atoms with Gasteiger partial charge in [-0.3, -0.25) is 0 Å². The average Bonchev–Trinajstić information content (AvgIpc) is 2.77. The highest BCUT2D eigenvalue weighted by atomic mass is 15.1. The molecule has 0 aliphatic carbocycles. The molecule has 0 atom stereocenters. The van der Waals surface area contributed by atoms with Crippen LogP contribution in [0.5, 0.6) is 0 Å². The summed E-state index contributed by atoms with van der Waals surface area (Å²) in [6.45, 7) is 1.82. The van der Waals surface area contributed by atoms with Gasteiger partial charge in [0.2, 0.25) is 0 Å². The molecule has 5 heteroatoms. The van der Waals surface area contributed by atoms with Crippen LogP contribution in [0.3, 0.4) is 0 Å². The van der Waals surface area contributed by atoms with E-state index < -0.39 is 0 Å². The number of nitrogens with zero attached hydrogens (tertiary/aromatic N) is 5. The van der Waals surface area contributed by atoms with Gasteiger partial charge in [0.15, 0.2) is 5.69 Å². The minimum absolute atomic E-state index is 0.369. The van der Waals surface area contributed by atoms with Crippen LogP contribution in [0.25, 0.3) is 5.69 Å². The molecular formula is C16H15N5. The fourth-order valence-corrected chi connectivity index (χ4v) is 2.11. The zero-order chi connectivity index (χ0) is 15.4. The highest BCUT2D eigenvalue weighted by Crippen LogP contribution is 2.32. The van der Waals surface area contributed by atoms with E-state index in [9.17, 15) is 10.5 Å². The van der Waals surface area contributed by atoms with Crippen molar-refractivity contribution in [3.63, 3.8) is 0 Å². The molecule has 2 aromatic rings. The minimum Gasteiger partial charge on any atom is -0.369 e. The Bertz CT molecular complexity index is 755. The Hall–Kier alpha value is -3.05. The van der Waals surface area contributed by atoms with Crippen LogP contribution in [0.15, 0.2) is 35.3 Å². The SMILES string of the molecule is Cc1c(C#N)c(N=CN(C)C)c(C#N)n1-c1ccccc1. The molecule has 0 saturated carbocycles. The fourth-order valence-electron chi connectivity index (χ4n) is 2.11. The van der Waals surface area contributed by atoms with Crippen LogP contribution in [-0.2, 0) is 0 Å². The first-order chi connectivity index (χ1) is 10.1. The molecule has 0 aliphatic heterocycles. The van der Waals surface area contributed by atoms with E-state index in [2.05, 4.69) is 17.1 Å². The van der Waals surface area contributed by atoms with Crippen LogP contribution in [0, 0.1) is 29.6 Å². The van der Waals surface area contributed by atoms with E-state index >= 15 is 0 Å². The second-order valence-corrected chi connectivity index (χ2v) is 4.76. The van der Waals surface area contributed by atoms with E-state index in [1.54, 1.807) is 15.8 Å². The second kappa shape index (κ2) is 5.94. The van der Waals surface area contributed by atoms with Gasteiger partial charge in [0.05, 0.1) is 6.34 Å². The summed E-state index contributed by atoms with van der Waals surface area (Å²) in [6, 6.07) is 13.8. The van der Waals surface area contributed by atoms with Gasteiger partial charge in [-0.2, -0.15) is 10.5 Å². The lowest BCUT2D eigenvalue weighted by Crippen LogP contribution is -2.07. The quantitative estimate of drug-likeness (QED) is 0.640. The van der Waals surface area contributed by atoms with E-state index in [4.69, 9.17) is 0 Å². The highest BCUT2D eigenvalue weighted by Gasteiger charge is 2.20. The molecule has 0 N–H and O–H groups in total. The summed E-state index contributed by atoms with van der Waals surface area (Å²) in [7, 11) is 3.67. The zero-order valence-electron chi connectivity index (χ0n) is 12.2. The summed E-state index contributed by atoms with van der Waals surface area (Å²) >= 11 is 0. The molecular weight excluding hydrogens is 262 g/mol. The van der Waals surface area contributed by atoms with Gasteiger partial charge in [0.1, 0.15) is 23.4 Å². The van der Waals surface area contributed by atoms with Crippen LogP contribution in [0.1, 0.15) is 17.0 Å². The number of rotatable bonds is 3. The first kappa shape index (κ1) is 14.4. The average molecular weight is 277 g/mol. The lowest BCUT2D eigenvalue weighted by molar-refractivity contribution is 0.643. The summed E-state index contributed by atoms with van der Waals surface area (Å²) in [5.74, 6) is 0. The van der Waals surface area contributed by atoms with E-state index in [1.807, 2.05) is 51.4 Å². The van der Waals surface area contributed by atoms with Gasteiger partial charge < -0.3 is 9.47 Å². The van der Waals surface area contributed by atoms with Gasteiger partial charge in [-0.05, 0) is 19.1 Å². The summed E-state index contributed by atoms with van der Waals surface area (Å²) in [5.41, 5.74) is 2.76. The minimum atomic E-state index is 0.369. The van der Waals surface area contributed by atoms with E-state index in [1.165, 1.54) is 0 Å². The maximum absolute atomic E-state index is 9.49. The van der Waals surface area contributed by atoms with Crippen molar-refractivity contribution in [2.45, 2.75) is 6.92 Å². The smallest absolute Gasteiger partial charge is 0.152 e. The summed E-state index contributed by atoms with van der Waals surface area (Å²) in [5, 5.41) is 18.9. The first-order valence-electron chi connectivity index (χ1n) is 6.41. The van der Waals surface area contributed by atoms with Gasteiger partial charge in [0, 0.05) is 25.5 Å². The Kier molecular flexibility index (Phi) is 4.06. The molecule has 1 heterocycles. The lowest BCUT2D eigenvalue weighted by Gasteiger charge is -2.07. The van der Waals surface area contributed by atoms with E-state index in [0.717, 1.165) is 5.69 Å². The van der Waals surface area contributed by atoms with E-state index in [-0.39, 0.29) is 0 Å². The third kappa shape index (κ3) is 2.63. The van der Waals surface area contributed by atoms with Crippen LogP contribution in [-0.4, -0.2) is 29.9 Å². The van der Waals surface area contributed by atoms with Crippen molar-refractivity contribution >= 4 is 12.0 Å². The van der Waals surface area contributed by atoms with Crippen molar-refractivity contribution in [1.29, 1.82) is 10.5 Å². The van der Waals surface area contributed by atoms with Crippen LogP contribution in [0.4, 0.5) is 5.69 Å². The van der Waals surface area contributed by atoms with Gasteiger partial charge in [-0.25, -0.2) is 4.99 Å².